The Kier molecular flexibility index (Phi) is 9.08. The Hall–Kier alpha value is -1.88. The summed E-state index contributed by atoms with van der Waals surface area (Å²) < 4.78 is 4.55. The van der Waals surface area contributed by atoms with Gasteiger partial charge in [-0.15, -0.1) is 0 Å². The van der Waals surface area contributed by atoms with Gasteiger partial charge in [-0.25, -0.2) is 0 Å². The Bertz CT molecular complexity index is 374. The summed E-state index contributed by atoms with van der Waals surface area (Å²) in [4.78, 5) is 19.9. The summed E-state index contributed by atoms with van der Waals surface area (Å²) in [6.45, 7) is 1.08. The molecule has 0 spiro atoms. The van der Waals surface area contributed by atoms with Crippen molar-refractivity contribution in [3.8, 4) is 0 Å². The van der Waals surface area contributed by atoms with E-state index in [0.717, 1.165) is 19.8 Å². The molecule has 0 aliphatic carbocycles. The van der Waals surface area contributed by atoms with E-state index < -0.39 is 5.97 Å². The number of methoxy groups -OCH3 is 1. The van der Waals surface area contributed by atoms with Crippen molar-refractivity contribution >= 4 is 11.9 Å². The molecule has 0 aromatic heterocycles. The average molecular weight is 267 g/mol. The van der Waals surface area contributed by atoms with Crippen LogP contribution in [0.25, 0.3) is 0 Å². The molecule has 0 heterocycles. The zero-order chi connectivity index (χ0) is 14.7. The number of nitrogens with two attached hydrogens (primary N) is 1. The molecule has 1 aromatic carbocycles. The van der Waals surface area contributed by atoms with Crippen LogP contribution in [0.15, 0.2) is 30.3 Å². The lowest BCUT2D eigenvalue weighted by Crippen LogP contribution is -2.25. The molecule has 1 aromatic rings. The lowest BCUT2D eigenvalue weighted by molar-refractivity contribution is -0.141. The van der Waals surface area contributed by atoms with Gasteiger partial charge in [-0.2, -0.15) is 0 Å². The van der Waals surface area contributed by atoms with E-state index >= 15 is 0 Å². The highest BCUT2D eigenvalue weighted by atomic mass is 16.5. The molecule has 0 unspecified atom stereocenters. The van der Waals surface area contributed by atoms with E-state index in [1.54, 1.807) is 0 Å². The maximum Gasteiger partial charge on any atom is 0.307 e. The lowest BCUT2D eigenvalue weighted by atomic mass is 10.0. The second kappa shape index (κ2) is 10.1. The summed E-state index contributed by atoms with van der Waals surface area (Å²) in [6, 6.07) is 9.99. The fourth-order valence-corrected chi connectivity index (χ4v) is 1.40. The van der Waals surface area contributed by atoms with Gasteiger partial charge in [-0.3, -0.25) is 9.59 Å². The first-order valence-electron chi connectivity index (χ1n) is 6.01. The van der Waals surface area contributed by atoms with Gasteiger partial charge in [-0.05, 0) is 18.4 Å². The third kappa shape index (κ3) is 11.0. The highest BCUT2D eigenvalue weighted by molar-refractivity contribution is 5.69. The van der Waals surface area contributed by atoms with Crippen LogP contribution in [0.2, 0.25) is 0 Å². The van der Waals surface area contributed by atoms with E-state index in [9.17, 15) is 4.79 Å². The minimum Gasteiger partial charge on any atom is -0.481 e. The number of rotatable bonds is 5. The minimum absolute atomic E-state index is 0.113. The fourth-order valence-electron chi connectivity index (χ4n) is 1.40. The molecule has 5 nitrogen and oxygen atoms in total. The topological polar surface area (TPSA) is 89.6 Å². The molecule has 106 valence electrons. The van der Waals surface area contributed by atoms with Gasteiger partial charge < -0.3 is 15.6 Å². The highest BCUT2D eigenvalue weighted by Crippen LogP contribution is 2.06. The van der Waals surface area contributed by atoms with Gasteiger partial charge in [0.25, 0.3) is 5.97 Å². The van der Waals surface area contributed by atoms with Crippen LogP contribution >= 0.6 is 0 Å². The Morgan fingerprint density at radius 2 is 1.84 bits per heavy atom. The van der Waals surface area contributed by atoms with Crippen LogP contribution in [0.5, 0.6) is 0 Å². The van der Waals surface area contributed by atoms with Crippen molar-refractivity contribution in [1.82, 2.24) is 0 Å². The summed E-state index contributed by atoms with van der Waals surface area (Å²) >= 11 is 0. The van der Waals surface area contributed by atoms with Crippen LogP contribution in [0.4, 0.5) is 0 Å². The minimum atomic E-state index is -0.833. The average Bonchev–Trinajstić information content (AvgIpc) is 2.37. The summed E-state index contributed by atoms with van der Waals surface area (Å²) in [7, 11) is 1.38. The third-order valence-electron chi connectivity index (χ3n) is 2.30. The Labute approximate surface area is 113 Å². The number of aryl methyl sites for hydroxylation is 1. The quantitative estimate of drug-likeness (QED) is 0.791. The van der Waals surface area contributed by atoms with Crippen molar-refractivity contribution in [2.24, 2.45) is 5.73 Å². The van der Waals surface area contributed by atoms with Crippen LogP contribution in [0.1, 0.15) is 25.3 Å². The predicted octanol–water partition coefficient (Wildman–Crippen LogP) is 1.60. The first-order chi connectivity index (χ1) is 8.95. The van der Waals surface area contributed by atoms with Gasteiger partial charge >= 0.3 is 5.97 Å². The molecule has 0 aliphatic heterocycles. The molecule has 0 saturated carbocycles. The van der Waals surface area contributed by atoms with Gasteiger partial charge in [0.05, 0.1) is 13.5 Å². The number of carboxylic acid groups (broad SMARTS) is 1. The molecule has 3 N–H and O–H groups in total. The molecule has 0 amide bonds. The van der Waals surface area contributed by atoms with E-state index in [1.807, 2.05) is 18.2 Å². The lowest BCUT2D eigenvalue weighted by Gasteiger charge is -2.09. The Morgan fingerprint density at radius 1 is 1.32 bits per heavy atom. The van der Waals surface area contributed by atoms with Crippen molar-refractivity contribution < 1.29 is 19.4 Å². The molecule has 1 atom stereocenters. The normalized spacial score (nSPS) is 10.9. The number of carbonyl (C=O) groups is 2. The number of carbonyl (C=O) groups excluding carboxylic acids is 1. The van der Waals surface area contributed by atoms with Crippen LogP contribution in [-0.2, 0) is 20.7 Å². The number of hydrogen-bond donors (Lipinski definition) is 2. The molecular formula is C14H21NO4. The summed E-state index contributed by atoms with van der Waals surface area (Å²) in [5.74, 6) is -1.07. The van der Waals surface area contributed by atoms with Gasteiger partial charge in [0.15, 0.2) is 0 Å². The number of ether oxygens (including phenoxy) is 1. The predicted molar refractivity (Wildman–Crippen MR) is 72.7 cm³/mol. The SMILES string of the molecule is CC(=O)O.COC(=O)C[C@@H](N)CCc1ccccc1. The molecule has 0 saturated heterocycles. The summed E-state index contributed by atoms with van der Waals surface area (Å²) in [5, 5.41) is 7.42. The van der Waals surface area contributed by atoms with Crippen molar-refractivity contribution in [2.45, 2.75) is 32.2 Å². The molecule has 5 heteroatoms. The largest absolute Gasteiger partial charge is 0.481 e. The summed E-state index contributed by atoms with van der Waals surface area (Å²) in [6.07, 6.45) is 2.00. The molecule has 0 radical (unpaired) electrons. The second-order valence-corrected chi connectivity index (χ2v) is 4.08. The van der Waals surface area contributed by atoms with E-state index in [-0.39, 0.29) is 12.0 Å². The van der Waals surface area contributed by atoms with Crippen molar-refractivity contribution in [1.29, 1.82) is 0 Å². The van der Waals surface area contributed by atoms with Crippen molar-refractivity contribution in [3.63, 3.8) is 0 Å². The van der Waals surface area contributed by atoms with Crippen LogP contribution in [-0.4, -0.2) is 30.2 Å². The first-order valence-corrected chi connectivity index (χ1v) is 6.01. The van der Waals surface area contributed by atoms with Crippen LogP contribution in [0.3, 0.4) is 0 Å². The number of esters is 1. The molecule has 0 bridgehead atoms. The van der Waals surface area contributed by atoms with Gasteiger partial charge in [-0.1, -0.05) is 30.3 Å². The Morgan fingerprint density at radius 3 is 2.32 bits per heavy atom. The summed E-state index contributed by atoms with van der Waals surface area (Å²) in [5.41, 5.74) is 7.05. The van der Waals surface area contributed by atoms with E-state index in [4.69, 9.17) is 15.6 Å². The standard InChI is InChI=1S/C12H17NO2.C2H4O2/c1-15-12(14)9-11(13)8-7-10-5-3-2-4-6-10;1-2(3)4/h2-6,11H,7-9,13H2,1H3;1H3,(H,3,4)/t11-;/m0./s1. The molecular weight excluding hydrogens is 246 g/mol. The third-order valence-corrected chi connectivity index (χ3v) is 2.30. The van der Waals surface area contributed by atoms with Crippen molar-refractivity contribution in [2.75, 3.05) is 7.11 Å². The monoisotopic (exact) mass is 267 g/mol. The zero-order valence-corrected chi connectivity index (χ0v) is 11.3. The fraction of sp³-hybridized carbons (Fsp3) is 0.429. The zero-order valence-electron chi connectivity index (χ0n) is 11.3. The molecule has 1 rings (SSSR count). The second-order valence-electron chi connectivity index (χ2n) is 4.08. The van der Waals surface area contributed by atoms with E-state index in [2.05, 4.69) is 16.9 Å². The van der Waals surface area contributed by atoms with Crippen molar-refractivity contribution in [3.05, 3.63) is 35.9 Å². The number of hydrogen-bond acceptors (Lipinski definition) is 4. The van der Waals surface area contributed by atoms with Crippen LogP contribution < -0.4 is 5.73 Å². The number of carboxylic acids is 1. The smallest absolute Gasteiger partial charge is 0.307 e. The maximum atomic E-state index is 10.9. The van der Waals surface area contributed by atoms with E-state index in [0.29, 0.717) is 6.42 Å². The molecule has 0 fully saturated rings. The van der Waals surface area contributed by atoms with Gasteiger partial charge in [0, 0.05) is 13.0 Å². The molecule has 0 aliphatic rings. The number of aliphatic carboxylic acids is 1. The number of benzene rings is 1. The van der Waals surface area contributed by atoms with Gasteiger partial charge in [0.2, 0.25) is 0 Å². The Balaban J connectivity index is 0.000000711. The van der Waals surface area contributed by atoms with Crippen LogP contribution in [0, 0.1) is 0 Å². The van der Waals surface area contributed by atoms with E-state index in [1.165, 1.54) is 12.7 Å². The molecule has 19 heavy (non-hydrogen) atoms. The van der Waals surface area contributed by atoms with Gasteiger partial charge in [0.1, 0.15) is 0 Å². The first kappa shape index (κ1) is 17.1. The maximum absolute atomic E-state index is 10.9. The highest BCUT2D eigenvalue weighted by Gasteiger charge is 2.09.